The van der Waals surface area contributed by atoms with Gasteiger partial charge in [-0.3, -0.25) is 14.2 Å². The molecule has 2 amide bonds. The van der Waals surface area contributed by atoms with E-state index in [0.717, 1.165) is 34.0 Å². The Kier molecular flexibility index (Phi) is 9.59. The monoisotopic (exact) mass is 674 g/mol. The summed E-state index contributed by atoms with van der Waals surface area (Å²) < 4.78 is 40.3. The van der Waals surface area contributed by atoms with Gasteiger partial charge in [-0.15, -0.1) is 21.5 Å². The van der Waals surface area contributed by atoms with Crippen LogP contribution in [0.25, 0.3) is 5.69 Å². The molecule has 0 fully saturated rings. The summed E-state index contributed by atoms with van der Waals surface area (Å²) in [6.45, 7) is -0.0630. The lowest BCUT2D eigenvalue weighted by Crippen LogP contribution is -2.29. The van der Waals surface area contributed by atoms with Crippen molar-refractivity contribution in [2.75, 3.05) is 20.0 Å². The van der Waals surface area contributed by atoms with Gasteiger partial charge in [0.2, 0.25) is 0 Å². The predicted molar refractivity (Wildman–Crippen MR) is 174 cm³/mol. The number of hydrogen-bond acceptors (Lipinski definition) is 9. The largest absolute Gasteiger partial charge is 0.493 e. The summed E-state index contributed by atoms with van der Waals surface area (Å²) in [5.41, 5.74) is 2.21. The smallest absolute Gasteiger partial charge is 0.253 e. The van der Waals surface area contributed by atoms with Gasteiger partial charge in [0, 0.05) is 23.2 Å². The van der Waals surface area contributed by atoms with Crippen molar-refractivity contribution in [3.8, 4) is 17.2 Å². The highest BCUT2D eigenvalue weighted by atomic mass is 32.2. The summed E-state index contributed by atoms with van der Waals surface area (Å²) >= 11 is 2.67. The third kappa shape index (κ3) is 6.88. The molecule has 6 rings (SSSR count). The highest BCUT2D eigenvalue weighted by Gasteiger charge is 2.36. The predicted octanol–water partition coefficient (Wildman–Crippen LogP) is 6.02. The zero-order valence-electron chi connectivity index (χ0n) is 25.2. The van der Waals surface area contributed by atoms with Gasteiger partial charge >= 0.3 is 0 Å². The zero-order valence-corrected chi connectivity index (χ0v) is 26.9. The van der Waals surface area contributed by atoms with E-state index in [9.17, 15) is 18.4 Å². The fraction of sp³-hybridized carbons (Fsp3) is 0.182. The van der Waals surface area contributed by atoms with E-state index >= 15 is 0 Å². The first kappa shape index (κ1) is 31.9. The molecule has 1 aliphatic rings. The third-order valence-electron chi connectivity index (χ3n) is 7.37. The van der Waals surface area contributed by atoms with Crippen LogP contribution in [0.2, 0.25) is 0 Å². The minimum Gasteiger partial charge on any atom is -0.493 e. The third-order valence-corrected chi connectivity index (χ3v) is 9.20. The number of amides is 2. The van der Waals surface area contributed by atoms with Crippen molar-refractivity contribution in [3.63, 3.8) is 0 Å². The molecule has 2 aromatic heterocycles. The van der Waals surface area contributed by atoms with E-state index in [1.165, 1.54) is 35.3 Å². The number of benzene rings is 3. The van der Waals surface area contributed by atoms with Crippen LogP contribution in [0.5, 0.6) is 11.5 Å². The van der Waals surface area contributed by atoms with Gasteiger partial charge < -0.3 is 14.8 Å². The number of thiophene rings is 1. The number of hydrogen-bond donors (Lipinski definition) is 1. The summed E-state index contributed by atoms with van der Waals surface area (Å²) in [5.74, 6) is -0.420. The fourth-order valence-corrected chi connectivity index (χ4v) is 6.73. The van der Waals surface area contributed by atoms with Crippen LogP contribution in [0.4, 0.5) is 8.78 Å². The Labute approximate surface area is 277 Å². The SMILES string of the molecule is COc1cccc(C2CC(c3cccs3)=NN2C(=O)CSc2nnc(CNC(=O)c3cccc(F)c3)n2-c2ccc(F)cc2)c1OC. The lowest BCUT2D eigenvalue weighted by atomic mass is 9.99. The molecule has 5 aromatic rings. The van der Waals surface area contributed by atoms with Gasteiger partial charge in [-0.1, -0.05) is 36.0 Å². The van der Waals surface area contributed by atoms with Gasteiger partial charge in [-0.05, 0) is 60.0 Å². The standard InChI is InChI=1S/C33H28F2N6O4S2/c1-44-27-9-4-8-24(31(27)45-2)26-17-25(28-10-5-15-46-28)39-41(26)30(42)19-47-33-38-37-29(40(33)23-13-11-21(34)12-14-23)18-36-32(43)20-6-3-7-22(35)16-20/h3-16,26H,17-19H2,1-2H3,(H,36,43). The lowest BCUT2D eigenvalue weighted by Gasteiger charge is -2.24. The molecule has 47 heavy (non-hydrogen) atoms. The molecule has 240 valence electrons. The van der Waals surface area contributed by atoms with Crippen LogP contribution >= 0.6 is 23.1 Å². The van der Waals surface area contributed by atoms with Crippen LogP contribution in [0, 0.1) is 11.6 Å². The molecule has 0 bridgehead atoms. The number of ether oxygens (including phenoxy) is 2. The second-order valence-corrected chi connectivity index (χ2v) is 12.1. The Bertz CT molecular complexity index is 1930. The molecule has 1 unspecified atom stereocenters. The summed E-state index contributed by atoms with van der Waals surface area (Å²) in [6, 6.07) is 20.0. The molecule has 0 aliphatic carbocycles. The summed E-state index contributed by atoms with van der Waals surface area (Å²) in [6.07, 6.45) is 0.474. The van der Waals surface area contributed by atoms with Crippen LogP contribution in [0.1, 0.15) is 39.1 Å². The van der Waals surface area contributed by atoms with Gasteiger partial charge in [-0.2, -0.15) is 5.10 Å². The Balaban J connectivity index is 1.26. The number of carbonyl (C=O) groups excluding carboxylic acids is 2. The van der Waals surface area contributed by atoms with Gasteiger partial charge in [0.05, 0.1) is 43.1 Å². The van der Waals surface area contributed by atoms with Gasteiger partial charge in [-0.25, -0.2) is 13.8 Å². The zero-order chi connectivity index (χ0) is 32.9. The number of hydrazone groups is 1. The number of methoxy groups -OCH3 is 2. The van der Waals surface area contributed by atoms with Gasteiger partial charge in [0.25, 0.3) is 11.8 Å². The maximum absolute atomic E-state index is 13.9. The van der Waals surface area contributed by atoms with Crippen molar-refractivity contribution in [3.05, 3.63) is 118 Å². The Hall–Kier alpha value is -5.08. The topological polar surface area (TPSA) is 111 Å². The first-order valence-corrected chi connectivity index (χ1v) is 16.2. The molecular formula is C33H28F2N6O4S2. The summed E-state index contributed by atoms with van der Waals surface area (Å²) in [4.78, 5) is 27.6. The highest BCUT2D eigenvalue weighted by Crippen LogP contribution is 2.42. The molecular weight excluding hydrogens is 647 g/mol. The second kappa shape index (κ2) is 14.1. The number of halogens is 2. The average molecular weight is 675 g/mol. The average Bonchev–Trinajstić information content (AvgIpc) is 3.86. The second-order valence-electron chi connectivity index (χ2n) is 10.3. The van der Waals surface area contributed by atoms with Gasteiger partial charge in [0.15, 0.2) is 22.5 Å². The number of nitrogens with zero attached hydrogens (tertiary/aromatic N) is 5. The fourth-order valence-electron chi connectivity index (χ4n) is 5.19. The quantitative estimate of drug-likeness (QED) is 0.171. The molecule has 1 atom stereocenters. The van der Waals surface area contributed by atoms with Crippen molar-refractivity contribution in [1.29, 1.82) is 0 Å². The van der Waals surface area contributed by atoms with Crippen molar-refractivity contribution in [2.24, 2.45) is 5.10 Å². The normalized spacial score (nSPS) is 14.2. The Morgan fingerprint density at radius 3 is 2.51 bits per heavy atom. The van der Waals surface area contributed by atoms with Crippen molar-refractivity contribution in [1.82, 2.24) is 25.1 Å². The van der Waals surface area contributed by atoms with Crippen LogP contribution in [-0.4, -0.2) is 57.3 Å². The van der Waals surface area contributed by atoms with E-state index in [2.05, 4.69) is 15.5 Å². The van der Waals surface area contributed by atoms with E-state index in [4.69, 9.17) is 14.6 Å². The minimum atomic E-state index is -0.535. The van der Waals surface area contributed by atoms with Crippen LogP contribution in [0.3, 0.4) is 0 Å². The van der Waals surface area contributed by atoms with Gasteiger partial charge in [0.1, 0.15) is 11.6 Å². The van der Waals surface area contributed by atoms with E-state index in [1.54, 1.807) is 48.3 Å². The molecule has 10 nitrogen and oxygen atoms in total. The van der Waals surface area contributed by atoms with Crippen molar-refractivity contribution >= 4 is 40.6 Å². The Morgan fingerprint density at radius 1 is 0.979 bits per heavy atom. The number of carbonyl (C=O) groups is 2. The first-order chi connectivity index (χ1) is 22.9. The highest BCUT2D eigenvalue weighted by molar-refractivity contribution is 7.99. The van der Waals surface area contributed by atoms with E-state index < -0.39 is 23.6 Å². The van der Waals surface area contributed by atoms with Crippen molar-refractivity contribution in [2.45, 2.75) is 24.2 Å². The molecule has 3 aromatic carbocycles. The van der Waals surface area contributed by atoms with E-state index in [1.807, 2.05) is 29.6 Å². The summed E-state index contributed by atoms with van der Waals surface area (Å²) in [7, 11) is 3.11. The molecule has 0 saturated carbocycles. The molecule has 14 heteroatoms. The maximum atomic E-state index is 13.9. The van der Waals surface area contributed by atoms with Crippen molar-refractivity contribution < 1.29 is 27.8 Å². The molecule has 3 heterocycles. The van der Waals surface area contributed by atoms with Crippen LogP contribution in [-0.2, 0) is 11.3 Å². The molecule has 0 spiro atoms. The lowest BCUT2D eigenvalue weighted by molar-refractivity contribution is -0.130. The number of para-hydroxylation sites is 1. The van der Waals surface area contributed by atoms with E-state index in [-0.39, 0.29) is 23.8 Å². The van der Waals surface area contributed by atoms with E-state index in [0.29, 0.717) is 34.6 Å². The Morgan fingerprint density at radius 2 is 1.79 bits per heavy atom. The number of nitrogens with one attached hydrogen (secondary N) is 1. The van der Waals surface area contributed by atoms with Crippen LogP contribution in [0.15, 0.2) is 94.5 Å². The molecule has 1 aliphatic heterocycles. The number of rotatable bonds is 11. The molecule has 1 N–H and O–H groups in total. The summed E-state index contributed by atoms with van der Waals surface area (Å²) in [5, 5.41) is 19.8. The first-order valence-electron chi connectivity index (χ1n) is 14.4. The maximum Gasteiger partial charge on any atom is 0.253 e. The van der Waals surface area contributed by atoms with Crippen LogP contribution < -0.4 is 14.8 Å². The number of aromatic nitrogens is 3. The molecule has 0 radical (unpaired) electrons. The molecule has 0 saturated heterocycles. The minimum absolute atomic E-state index is 0.0566. The number of thioether (sulfide) groups is 1.